The third kappa shape index (κ3) is 5.23. The Bertz CT molecular complexity index is 682. The summed E-state index contributed by atoms with van der Waals surface area (Å²) in [4.78, 5) is 24.0. The quantitative estimate of drug-likeness (QED) is 0.794. The fraction of sp³-hybridized carbons (Fsp3) is 0.300. The van der Waals surface area contributed by atoms with Crippen LogP contribution in [0, 0.1) is 0 Å². The van der Waals surface area contributed by atoms with Crippen LogP contribution >= 0.6 is 0 Å². The lowest BCUT2D eigenvalue weighted by atomic mass is 10.00. The molecule has 0 spiro atoms. The van der Waals surface area contributed by atoms with Crippen molar-refractivity contribution < 1.29 is 14.3 Å². The zero-order valence-electron chi connectivity index (χ0n) is 14.1. The van der Waals surface area contributed by atoms with Crippen molar-refractivity contribution in [1.29, 1.82) is 0 Å². The zero-order chi connectivity index (χ0) is 17.4. The molecule has 2 rings (SSSR count). The smallest absolute Gasteiger partial charge is 0.338 e. The Kier molecular flexibility index (Phi) is 6.55. The molecular weight excluding hydrogens is 302 g/mol. The second kappa shape index (κ2) is 8.87. The average molecular weight is 325 g/mol. The summed E-state index contributed by atoms with van der Waals surface area (Å²) >= 11 is 0. The molecule has 0 aromatic heterocycles. The lowest BCUT2D eigenvalue weighted by molar-refractivity contribution is -0.124. The standard InChI is InChI=1S/C20H23NO3/c1-3-15(2)21-19(22)14-24-20(23)18-12-8-7-11-17(18)13-16-9-5-4-6-10-16/h4-12,15H,3,13-14H2,1-2H3,(H,21,22)/t15-/m0/s1. The van der Waals surface area contributed by atoms with Gasteiger partial charge in [-0.3, -0.25) is 4.79 Å². The highest BCUT2D eigenvalue weighted by Gasteiger charge is 2.15. The fourth-order valence-electron chi connectivity index (χ4n) is 2.32. The Morgan fingerprint density at radius 2 is 1.71 bits per heavy atom. The van der Waals surface area contributed by atoms with Crippen LogP contribution in [0.1, 0.15) is 41.8 Å². The minimum atomic E-state index is -0.471. The summed E-state index contributed by atoms with van der Waals surface area (Å²) in [5.41, 5.74) is 2.50. The van der Waals surface area contributed by atoms with Crippen molar-refractivity contribution in [2.45, 2.75) is 32.7 Å². The summed E-state index contributed by atoms with van der Waals surface area (Å²) in [7, 11) is 0. The van der Waals surface area contributed by atoms with Crippen LogP contribution in [0.5, 0.6) is 0 Å². The van der Waals surface area contributed by atoms with E-state index in [9.17, 15) is 9.59 Å². The van der Waals surface area contributed by atoms with Crippen molar-refractivity contribution in [3.05, 3.63) is 71.3 Å². The van der Waals surface area contributed by atoms with Crippen molar-refractivity contribution >= 4 is 11.9 Å². The first-order valence-corrected chi connectivity index (χ1v) is 8.18. The second-order valence-electron chi connectivity index (χ2n) is 5.77. The molecule has 0 aliphatic heterocycles. The first-order chi connectivity index (χ1) is 11.6. The average Bonchev–Trinajstić information content (AvgIpc) is 2.61. The SMILES string of the molecule is CC[C@H](C)NC(=O)COC(=O)c1ccccc1Cc1ccccc1. The molecule has 1 N–H and O–H groups in total. The molecule has 0 radical (unpaired) electrons. The van der Waals surface area contributed by atoms with Crippen molar-refractivity contribution in [3.8, 4) is 0 Å². The van der Waals surface area contributed by atoms with Crippen LogP contribution in [0.3, 0.4) is 0 Å². The van der Waals surface area contributed by atoms with Crippen molar-refractivity contribution in [1.82, 2.24) is 5.32 Å². The number of hydrogen-bond donors (Lipinski definition) is 1. The molecule has 24 heavy (non-hydrogen) atoms. The lowest BCUT2D eigenvalue weighted by Gasteiger charge is -2.12. The molecule has 4 nitrogen and oxygen atoms in total. The number of esters is 1. The molecule has 0 aliphatic rings. The van der Waals surface area contributed by atoms with Gasteiger partial charge >= 0.3 is 5.97 Å². The number of rotatable bonds is 7. The van der Waals surface area contributed by atoms with Crippen LogP contribution in [-0.4, -0.2) is 24.5 Å². The molecule has 2 aromatic rings. The Hall–Kier alpha value is -2.62. The van der Waals surface area contributed by atoms with Crippen molar-refractivity contribution in [2.75, 3.05) is 6.61 Å². The van der Waals surface area contributed by atoms with E-state index in [0.29, 0.717) is 12.0 Å². The molecule has 0 fully saturated rings. The summed E-state index contributed by atoms with van der Waals surface area (Å²) in [6, 6.07) is 17.3. The van der Waals surface area contributed by atoms with E-state index in [-0.39, 0.29) is 18.6 Å². The molecule has 0 bridgehead atoms. The Balaban J connectivity index is 2.01. The molecule has 0 saturated carbocycles. The maximum absolute atomic E-state index is 12.3. The monoisotopic (exact) mass is 325 g/mol. The van der Waals surface area contributed by atoms with Crippen molar-refractivity contribution in [2.24, 2.45) is 0 Å². The predicted octanol–water partition coefficient (Wildman–Crippen LogP) is 3.35. The second-order valence-corrected chi connectivity index (χ2v) is 5.77. The van der Waals surface area contributed by atoms with Crippen LogP contribution in [-0.2, 0) is 16.0 Å². The van der Waals surface area contributed by atoms with Gasteiger partial charge in [0.05, 0.1) is 5.56 Å². The molecule has 126 valence electrons. The summed E-state index contributed by atoms with van der Waals surface area (Å²) in [6.45, 7) is 3.63. The van der Waals surface area contributed by atoms with E-state index in [2.05, 4.69) is 5.32 Å². The number of benzene rings is 2. The predicted molar refractivity (Wildman–Crippen MR) is 93.9 cm³/mol. The topological polar surface area (TPSA) is 55.4 Å². The summed E-state index contributed by atoms with van der Waals surface area (Å²) in [5.74, 6) is -0.751. The van der Waals surface area contributed by atoms with Crippen LogP contribution in [0.2, 0.25) is 0 Å². The number of carbonyl (C=O) groups is 2. The molecular formula is C20H23NO3. The third-order valence-electron chi connectivity index (χ3n) is 3.83. The number of ether oxygens (including phenoxy) is 1. The number of hydrogen-bond acceptors (Lipinski definition) is 3. The Labute approximate surface area is 142 Å². The normalized spacial score (nSPS) is 11.6. The van der Waals surface area contributed by atoms with Gasteiger partial charge in [-0.15, -0.1) is 0 Å². The summed E-state index contributed by atoms with van der Waals surface area (Å²) < 4.78 is 5.16. The molecule has 4 heteroatoms. The van der Waals surface area contributed by atoms with Gasteiger partial charge in [0.2, 0.25) is 0 Å². The largest absolute Gasteiger partial charge is 0.452 e. The summed E-state index contributed by atoms with van der Waals surface area (Å²) in [5, 5.41) is 2.77. The molecule has 1 atom stereocenters. The zero-order valence-corrected chi connectivity index (χ0v) is 14.1. The molecule has 0 saturated heterocycles. The maximum Gasteiger partial charge on any atom is 0.338 e. The number of amides is 1. The fourth-order valence-corrected chi connectivity index (χ4v) is 2.32. The van der Waals surface area contributed by atoms with Crippen LogP contribution in [0.25, 0.3) is 0 Å². The van der Waals surface area contributed by atoms with E-state index >= 15 is 0 Å². The van der Waals surface area contributed by atoms with Gasteiger partial charge in [0.25, 0.3) is 5.91 Å². The van der Waals surface area contributed by atoms with Gasteiger partial charge in [-0.25, -0.2) is 4.79 Å². The number of nitrogens with one attached hydrogen (secondary N) is 1. The van der Waals surface area contributed by atoms with Crippen molar-refractivity contribution in [3.63, 3.8) is 0 Å². The third-order valence-corrected chi connectivity index (χ3v) is 3.83. The van der Waals surface area contributed by atoms with E-state index in [1.54, 1.807) is 12.1 Å². The molecule has 2 aromatic carbocycles. The minimum Gasteiger partial charge on any atom is -0.452 e. The van der Waals surface area contributed by atoms with Gasteiger partial charge < -0.3 is 10.1 Å². The first kappa shape index (κ1) is 17.7. The van der Waals surface area contributed by atoms with E-state index < -0.39 is 5.97 Å². The Morgan fingerprint density at radius 1 is 1.04 bits per heavy atom. The molecule has 0 aliphatic carbocycles. The van der Waals surface area contributed by atoms with Gasteiger partial charge in [-0.2, -0.15) is 0 Å². The molecule has 1 amide bonds. The van der Waals surface area contributed by atoms with Crippen LogP contribution < -0.4 is 5.32 Å². The summed E-state index contributed by atoms with van der Waals surface area (Å²) in [6.07, 6.45) is 1.48. The van der Waals surface area contributed by atoms with E-state index in [4.69, 9.17) is 4.74 Å². The number of carbonyl (C=O) groups excluding carboxylic acids is 2. The van der Waals surface area contributed by atoms with E-state index in [0.717, 1.165) is 17.5 Å². The van der Waals surface area contributed by atoms with Gasteiger partial charge in [0.15, 0.2) is 6.61 Å². The van der Waals surface area contributed by atoms with E-state index in [1.165, 1.54) is 0 Å². The van der Waals surface area contributed by atoms with Gasteiger partial charge in [-0.05, 0) is 37.0 Å². The van der Waals surface area contributed by atoms with Gasteiger partial charge in [0.1, 0.15) is 0 Å². The van der Waals surface area contributed by atoms with E-state index in [1.807, 2.05) is 56.3 Å². The van der Waals surface area contributed by atoms with Crippen LogP contribution in [0.4, 0.5) is 0 Å². The first-order valence-electron chi connectivity index (χ1n) is 8.18. The highest BCUT2D eigenvalue weighted by Crippen LogP contribution is 2.15. The highest BCUT2D eigenvalue weighted by atomic mass is 16.5. The maximum atomic E-state index is 12.3. The van der Waals surface area contributed by atoms with Gasteiger partial charge in [-0.1, -0.05) is 55.5 Å². The lowest BCUT2D eigenvalue weighted by Crippen LogP contribution is -2.35. The highest BCUT2D eigenvalue weighted by molar-refractivity contribution is 5.92. The van der Waals surface area contributed by atoms with Crippen LogP contribution in [0.15, 0.2) is 54.6 Å². The molecule has 0 unspecified atom stereocenters. The molecule has 0 heterocycles. The van der Waals surface area contributed by atoms with Gasteiger partial charge in [0, 0.05) is 6.04 Å². The minimum absolute atomic E-state index is 0.0709. The Morgan fingerprint density at radius 3 is 2.42 bits per heavy atom.